The SMILES string of the molecule is O=C(O)CCNC(=O)Cn1nnc(-c2ccsc2)n1. The molecule has 2 heterocycles. The fourth-order valence-electron chi connectivity index (χ4n) is 1.31. The van der Waals surface area contributed by atoms with Crippen LogP contribution < -0.4 is 5.32 Å². The van der Waals surface area contributed by atoms with Gasteiger partial charge in [-0.3, -0.25) is 9.59 Å². The minimum atomic E-state index is -0.959. The number of carboxylic acids is 1. The fourth-order valence-corrected chi connectivity index (χ4v) is 1.94. The van der Waals surface area contributed by atoms with Crippen LogP contribution in [-0.4, -0.2) is 43.7 Å². The van der Waals surface area contributed by atoms with E-state index in [1.807, 2.05) is 16.8 Å². The Morgan fingerprint density at radius 2 is 2.32 bits per heavy atom. The van der Waals surface area contributed by atoms with E-state index >= 15 is 0 Å². The molecule has 0 bridgehead atoms. The van der Waals surface area contributed by atoms with Crippen LogP contribution in [0.3, 0.4) is 0 Å². The monoisotopic (exact) mass is 281 g/mol. The molecule has 19 heavy (non-hydrogen) atoms. The van der Waals surface area contributed by atoms with E-state index in [0.29, 0.717) is 5.82 Å². The summed E-state index contributed by atoms with van der Waals surface area (Å²) in [7, 11) is 0. The normalized spacial score (nSPS) is 10.3. The number of hydrogen-bond donors (Lipinski definition) is 2. The van der Waals surface area contributed by atoms with Gasteiger partial charge in [0, 0.05) is 17.5 Å². The summed E-state index contributed by atoms with van der Waals surface area (Å²) in [6, 6.07) is 1.86. The van der Waals surface area contributed by atoms with Crippen LogP contribution in [0.25, 0.3) is 11.4 Å². The number of carbonyl (C=O) groups excluding carboxylic acids is 1. The van der Waals surface area contributed by atoms with Gasteiger partial charge in [-0.25, -0.2) is 0 Å². The number of thiophene rings is 1. The molecule has 2 aromatic rings. The van der Waals surface area contributed by atoms with Crippen molar-refractivity contribution in [1.82, 2.24) is 25.5 Å². The number of tetrazole rings is 1. The minimum Gasteiger partial charge on any atom is -0.481 e. The lowest BCUT2D eigenvalue weighted by atomic mass is 10.3. The molecule has 0 spiro atoms. The molecule has 1 amide bonds. The van der Waals surface area contributed by atoms with Gasteiger partial charge >= 0.3 is 5.97 Å². The molecule has 0 unspecified atom stereocenters. The number of rotatable bonds is 6. The summed E-state index contributed by atoms with van der Waals surface area (Å²) < 4.78 is 0. The number of carboxylic acid groups (broad SMARTS) is 1. The summed E-state index contributed by atoms with van der Waals surface area (Å²) in [5, 5.41) is 26.3. The van der Waals surface area contributed by atoms with Gasteiger partial charge < -0.3 is 10.4 Å². The summed E-state index contributed by atoms with van der Waals surface area (Å²) in [6.45, 7) is -0.00297. The Morgan fingerprint density at radius 3 is 3.00 bits per heavy atom. The van der Waals surface area contributed by atoms with E-state index in [1.165, 1.54) is 16.1 Å². The van der Waals surface area contributed by atoms with Crippen molar-refractivity contribution in [3.8, 4) is 11.4 Å². The van der Waals surface area contributed by atoms with Crippen LogP contribution >= 0.6 is 11.3 Å². The first kappa shape index (κ1) is 13.1. The van der Waals surface area contributed by atoms with E-state index in [2.05, 4.69) is 20.7 Å². The molecule has 2 aromatic heterocycles. The highest BCUT2D eigenvalue weighted by Gasteiger charge is 2.09. The maximum Gasteiger partial charge on any atom is 0.305 e. The number of nitrogens with zero attached hydrogens (tertiary/aromatic N) is 4. The number of aliphatic carboxylic acids is 1. The first-order valence-electron chi connectivity index (χ1n) is 5.44. The van der Waals surface area contributed by atoms with Crippen molar-refractivity contribution >= 4 is 23.2 Å². The predicted octanol–water partition coefficient (Wildman–Crippen LogP) is -0.00750. The maximum absolute atomic E-state index is 11.5. The van der Waals surface area contributed by atoms with Gasteiger partial charge in [-0.15, -0.1) is 10.2 Å². The first-order chi connectivity index (χ1) is 9.15. The van der Waals surface area contributed by atoms with Crippen molar-refractivity contribution in [2.75, 3.05) is 6.54 Å². The zero-order valence-electron chi connectivity index (χ0n) is 9.81. The van der Waals surface area contributed by atoms with E-state index in [-0.39, 0.29) is 25.4 Å². The molecule has 0 saturated heterocycles. The van der Waals surface area contributed by atoms with Crippen LogP contribution in [0.5, 0.6) is 0 Å². The van der Waals surface area contributed by atoms with Crippen molar-refractivity contribution in [2.24, 2.45) is 0 Å². The van der Waals surface area contributed by atoms with Gasteiger partial charge in [-0.2, -0.15) is 16.1 Å². The summed E-state index contributed by atoms with van der Waals surface area (Å²) in [4.78, 5) is 22.9. The van der Waals surface area contributed by atoms with E-state index < -0.39 is 5.97 Å². The largest absolute Gasteiger partial charge is 0.481 e. The molecule has 2 N–H and O–H groups in total. The average molecular weight is 281 g/mol. The molecule has 0 aromatic carbocycles. The molecule has 0 aliphatic carbocycles. The molecule has 0 aliphatic heterocycles. The standard InChI is InChI=1S/C10H11N5O3S/c16-8(11-3-1-9(17)18)5-15-13-10(12-14-15)7-2-4-19-6-7/h2,4,6H,1,3,5H2,(H,11,16)(H,17,18). The third-order valence-corrected chi connectivity index (χ3v) is 2.86. The minimum absolute atomic E-state index is 0.0836. The lowest BCUT2D eigenvalue weighted by Crippen LogP contribution is -2.30. The van der Waals surface area contributed by atoms with Crippen LogP contribution in [0, 0.1) is 0 Å². The van der Waals surface area contributed by atoms with Gasteiger partial charge in [-0.1, -0.05) is 0 Å². The molecule has 100 valence electrons. The van der Waals surface area contributed by atoms with Crippen LogP contribution in [0.15, 0.2) is 16.8 Å². The molecule has 8 nitrogen and oxygen atoms in total. The van der Waals surface area contributed by atoms with E-state index in [9.17, 15) is 9.59 Å². The quantitative estimate of drug-likeness (QED) is 0.770. The van der Waals surface area contributed by atoms with Crippen LogP contribution in [0.1, 0.15) is 6.42 Å². The van der Waals surface area contributed by atoms with E-state index in [1.54, 1.807) is 0 Å². The van der Waals surface area contributed by atoms with Crippen molar-refractivity contribution in [2.45, 2.75) is 13.0 Å². The number of hydrogen-bond acceptors (Lipinski definition) is 6. The molecule has 0 atom stereocenters. The Morgan fingerprint density at radius 1 is 1.47 bits per heavy atom. The third-order valence-electron chi connectivity index (χ3n) is 2.18. The Balaban J connectivity index is 1.86. The predicted molar refractivity (Wildman–Crippen MR) is 66.4 cm³/mol. The number of aromatic nitrogens is 4. The molecule has 9 heteroatoms. The van der Waals surface area contributed by atoms with Gasteiger partial charge in [0.2, 0.25) is 11.7 Å². The molecule has 2 rings (SSSR count). The first-order valence-corrected chi connectivity index (χ1v) is 6.38. The summed E-state index contributed by atoms with van der Waals surface area (Å²) in [5.74, 6) is -0.853. The Labute approximate surface area is 112 Å². The zero-order valence-corrected chi connectivity index (χ0v) is 10.6. The Kier molecular flexibility index (Phi) is 4.18. The zero-order chi connectivity index (χ0) is 13.7. The highest BCUT2D eigenvalue weighted by Crippen LogP contribution is 2.16. The second kappa shape index (κ2) is 6.05. The second-order valence-corrected chi connectivity index (χ2v) is 4.43. The topological polar surface area (TPSA) is 110 Å². The summed E-state index contributed by atoms with van der Waals surface area (Å²) in [5.41, 5.74) is 0.850. The smallest absolute Gasteiger partial charge is 0.305 e. The summed E-state index contributed by atoms with van der Waals surface area (Å²) in [6.07, 6.45) is -0.114. The number of nitrogens with one attached hydrogen (secondary N) is 1. The fraction of sp³-hybridized carbons (Fsp3) is 0.300. The highest BCUT2D eigenvalue weighted by atomic mass is 32.1. The van der Waals surface area contributed by atoms with Gasteiger partial charge in [-0.05, 0) is 16.7 Å². The second-order valence-electron chi connectivity index (χ2n) is 3.65. The summed E-state index contributed by atoms with van der Waals surface area (Å²) >= 11 is 1.52. The Bertz CT molecular complexity index is 565. The van der Waals surface area contributed by atoms with E-state index in [4.69, 9.17) is 5.11 Å². The third kappa shape index (κ3) is 3.85. The van der Waals surface area contributed by atoms with Crippen molar-refractivity contribution < 1.29 is 14.7 Å². The number of amides is 1. The van der Waals surface area contributed by atoms with Crippen LogP contribution in [0.2, 0.25) is 0 Å². The molecular formula is C10H11N5O3S. The van der Waals surface area contributed by atoms with Crippen LogP contribution in [-0.2, 0) is 16.1 Å². The number of carbonyl (C=O) groups is 2. The molecule has 0 saturated carbocycles. The average Bonchev–Trinajstić information content (AvgIpc) is 2.97. The van der Waals surface area contributed by atoms with Gasteiger partial charge in [0.15, 0.2) is 0 Å². The van der Waals surface area contributed by atoms with Gasteiger partial charge in [0.1, 0.15) is 6.54 Å². The molecule has 0 radical (unpaired) electrons. The maximum atomic E-state index is 11.5. The molecule has 0 aliphatic rings. The lowest BCUT2D eigenvalue weighted by Gasteiger charge is -2.01. The van der Waals surface area contributed by atoms with Crippen molar-refractivity contribution in [3.05, 3.63) is 16.8 Å². The van der Waals surface area contributed by atoms with Crippen LogP contribution in [0.4, 0.5) is 0 Å². The molecular weight excluding hydrogens is 270 g/mol. The van der Waals surface area contributed by atoms with Crippen molar-refractivity contribution in [3.63, 3.8) is 0 Å². The lowest BCUT2D eigenvalue weighted by molar-refractivity contribution is -0.136. The molecule has 0 fully saturated rings. The van der Waals surface area contributed by atoms with Gasteiger partial charge in [0.25, 0.3) is 0 Å². The van der Waals surface area contributed by atoms with Gasteiger partial charge in [0.05, 0.1) is 6.42 Å². The van der Waals surface area contributed by atoms with Crippen molar-refractivity contribution in [1.29, 1.82) is 0 Å². The Hall–Kier alpha value is -2.29. The highest BCUT2D eigenvalue weighted by molar-refractivity contribution is 7.08. The van der Waals surface area contributed by atoms with E-state index in [0.717, 1.165) is 5.56 Å².